The van der Waals surface area contributed by atoms with Gasteiger partial charge in [0.2, 0.25) is 11.8 Å². The average Bonchev–Trinajstić information content (AvgIpc) is 2.90. The Morgan fingerprint density at radius 1 is 0.765 bits per heavy atom. The van der Waals surface area contributed by atoms with E-state index in [0.717, 1.165) is 43.2 Å². The van der Waals surface area contributed by atoms with Crippen LogP contribution in [0.5, 0.6) is 5.75 Å². The molecule has 5 rings (SSSR count). The third-order valence-electron chi connectivity index (χ3n) is 6.83. The molecule has 0 unspecified atom stereocenters. The van der Waals surface area contributed by atoms with Gasteiger partial charge < -0.3 is 14.4 Å². The minimum Gasteiger partial charge on any atom is -0.489 e. The van der Waals surface area contributed by atoms with Gasteiger partial charge in [0, 0.05) is 39.3 Å². The normalized spacial score (nSPS) is 21.6. The van der Waals surface area contributed by atoms with Gasteiger partial charge in [-0.05, 0) is 17.7 Å². The quantitative estimate of drug-likeness (QED) is 0.670. The van der Waals surface area contributed by atoms with E-state index in [4.69, 9.17) is 9.47 Å². The largest absolute Gasteiger partial charge is 0.489 e. The van der Waals surface area contributed by atoms with Crippen LogP contribution in [-0.2, 0) is 14.3 Å². The van der Waals surface area contributed by atoms with Crippen LogP contribution in [0, 0.1) is 0 Å². The van der Waals surface area contributed by atoms with Crippen LogP contribution in [0.25, 0.3) is 0 Å². The molecule has 2 aromatic carbocycles. The molecular weight excluding hydrogens is 432 g/mol. The van der Waals surface area contributed by atoms with Gasteiger partial charge in [0.1, 0.15) is 12.4 Å². The Labute approximate surface area is 200 Å². The minimum absolute atomic E-state index is 0.0717. The molecule has 3 aliphatic rings. The van der Waals surface area contributed by atoms with Crippen molar-refractivity contribution in [2.24, 2.45) is 0 Å². The molecule has 34 heavy (non-hydrogen) atoms. The van der Waals surface area contributed by atoms with Gasteiger partial charge in [0.15, 0.2) is 0 Å². The first-order chi connectivity index (χ1) is 16.7. The fourth-order valence-corrected chi connectivity index (χ4v) is 4.90. The molecule has 0 aliphatic carbocycles. The van der Waals surface area contributed by atoms with Crippen LogP contribution < -0.4 is 9.64 Å². The number of para-hydroxylation sites is 2. The van der Waals surface area contributed by atoms with Crippen molar-refractivity contribution in [3.05, 3.63) is 60.2 Å². The lowest BCUT2D eigenvalue weighted by Gasteiger charge is -2.40. The molecule has 3 aliphatic heterocycles. The number of benzene rings is 2. The Morgan fingerprint density at radius 2 is 1.38 bits per heavy atom. The van der Waals surface area contributed by atoms with Gasteiger partial charge in [-0.1, -0.05) is 42.5 Å². The zero-order valence-corrected chi connectivity index (χ0v) is 19.5. The van der Waals surface area contributed by atoms with E-state index in [1.807, 2.05) is 64.4 Å². The summed E-state index contributed by atoms with van der Waals surface area (Å²) in [5.41, 5.74) is 1.89. The van der Waals surface area contributed by atoms with Crippen molar-refractivity contribution in [2.75, 3.05) is 77.1 Å². The van der Waals surface area contributed by atoms with Gasteiger partial charge in [-0.25, -0.2) is 0 Å². The Morgan fingerprint density at radius 3 is 2.09 bits per heavy atom. The Bertz CT molecular complexity index is 987. The molecule has 0 bridgehead atoms. The van der Waals surface area contributed by atoms with Crippen molar-refractivity contribution in [3.63, 3.8) is 0 Å². The van der Waals surface area contributed by atoms with E-state index < -0.39 is 0 Å². The molecule has 180 valence electrons. The summed E-state index contributed by atoms with van der Waals surface area (Å²) in [6, 6.07) is 17.7. The Kier molecular flexibility index (Phi) is 7.08. The molecule has 0 radical (unpaired) electrons. The highest BCUT2D eigenvalue weighted by atomic mass is 16.5. The zero-order valence-electron chi connectivity index (χ0n) is 19.5. The summed E-state index contributed by atoms with van der Waals surface area (Å²) in [6.07, 6.45) is 0. The van der Waals surface area contributed by atoms with Crippen LogP contribution in [0.15, 0.2) is 54.6 Å². The number of anilines is 1. The molecular formula is C26H32N4O4. The molecule has 0 spiro atoms. The first-order valence-electron chi connectivity index (χ1n) is 12.1. The lowest BCUT2D eigenvalue weighted by molar-refractivity contribution is -0.137. The summed E-state index contributed by atoms with van der Waals surface area (Å²) in [7, 11) is 0. The number of fused-ring (bicyclic) bond motifs is 1. The third kappa shape index (κ3) is 5.09. The Balaban J connectivity index is 1.21. The van der Waals surface area contributed by atoms with E-state index in [-0.39, 0.29) is 17.9 Å². The van der Waals surface area contributed by atoms with Crippen LogP contribution in [0.1, 0.15) is 11.6 Å². The highest BCUT2D eigenvalue weighted by Gasteiger charge is 2.34. The molecule has 8 nitrogen and oxygen atoms in total. The summed E-state index contributed by atoms with van der Waals surface area (Å²) in [6.45, 7) is 6.92. The van der Waals surface area contributed by atoms with Crippen molar-refractivity contribution in [2.45, 2.75) is 6.04 Å². The number of ether oxygens (including phenoxy) is 2. The summed E-state index contributed by atoms with van der Waals surface area (Å²) < 4.78 is 11.3. The van der Waals surface area contributed by atoms with Gasteiger partial charge in [0.05, 0.1) is 38.0 Å². The number of piperazine rings is 1. The standard InChI is InChI=1S/C26H32N4O4/c31-25(29-14-16-33-17-15-29)18-27-10-12-28(13-11-27)19-26(32)30-22-8-4-5-9-24(22)34-20-23(30)21-6-2-1-3-7-21/h1-9,23H,10-20H2/t23-/m0/s1. The molecule has 2 aromatic rings. The number of amides is 2. The number of nitrogens with zero attached hydrogens (tertiary/aromatic N) is 4. The van der Waals surface area contributed by atoms with Crippen LogP contribution in [0.4, 0.5) is 5.69 Å². The summed E-state index contributed by atoms with van der Waals surface area (Å²) in [5, 5.41) is 0. The van der Waals surface area contributed by atoms with E-state index in [1.54, 1.807) is 0 Å². The Hall–Kier alpha value is -2.94. The zero-order chi connectivity index (χ0) is 23.3. The molecule has 0 N–H and O–H groups in total. The number of rotatable bonds is 5. The van der Waals surface area contributed by atoms with Crippen molar-refractivity contribution < 1.29 is 19.1 Å². The van der Waals surface area contributed by atoms with Crippen molar-refractivity contribution >= 4 is 17.5 Å². The first-order valence-corrected chi connectivity index (χ1v) is 12.1. The highest BCUT2D eigenvalue weighted by molar-refractivity contribution is 5.97. The molecule has 0 saturated carbocycles. The van der Waals surface area contributed by atoms with E-state index >= 15 is 0 Å². The highest BCUT2D eigenvalue weighted by Crippen LogP contribution is 2.39. The average molecular weight is 465 g/mol. The van der Waals surface area contributed by atoms with Gasteiger partial charge >= 0.3 is 0 Å². The van der Waals surface area contributed by atoms with Crippen molar-refractivity contribution in [1.29, 1.82) is 0 Å². The number of carbonyl (C=O) groups is 2. The fraction of sp³-hybridized carbons (Fsp3) is 0.462. The summed E-state index contributed by atoms with van der Waals surface area (Å²) in [4.78, 5) is 34.4. The maximum Gasteiger partial charge on any atom is 0.241 e. The van der Waals surface area contributed by atoms with Gasteiger partial charge in [0.25, 0.3) is 0 Å². The molecule has 2 fully saturated rings. The maximum atomic E-state index is 13.6. The van der Waals surface area contributed by atoms with Crippen molar-refractivity contribution in [1.82, 2.24) is 14.7 Å². The van der Waals surface area contributed by atoms with Gasteiger partial charge in [-0.15, -0.1) is 0 Å². The lowest BCUT2D eigenvalue weighted by atomic mass is 10.0. The summed E-state index contributed by atoms with van der Waals surface area (Å²) in [5.74, 6) is 0.986. The molecule has 1 atom stereocenters. The number of hydrogen-bond acceptors (Lipinski definition) is 6. The molecule has 0 aromatic heterocycles. The van der Waals surface area contributed by atoms with Crippen LogP contribution in [0.3, 0.4) is 0 Å². The third-order valence-corrected chi connectivity index (χ3v) is 6.83. The molecule has 3 heterocycles. The lowest BCUT2D eigenvalue weighted by Crippen LogP contribution is -2.54. The number of hydrogen-bond donors (Lipinski definition) is 0. The van der Waals surface area contributed by atoms with Crippen molar-refractivity contribution in [3.8, 4) is 5.75 Å². The number of carbonyl (C=O) groups excluding carboxylic acids is 2. The predicted molar refractivity (Wildman–Crippen MR) is 129 cm³/mol. The molecule has 2 saturated heterocycles. The second kappa shape index (κ2) is 10.5. The minimum atomic E-state index is -0.156. The van der Waals surface area contributed by atoms with E-state index in [1.165, 1.54) is 0 Å². The second-order valence-electron chi connectivity index (χ2n) is 9.01. The second-order valence-corrected chi connectivity index (χ2v) is 9.01. The fourth-order valence-electron chi connectivity index (χ4n) is 4.90. The van der Waals surface area contributed by atoms with Crippen LogP contribution in [0.2, 0.25) is 0 Å². The SMILES string of the molecule is O=C(CN1CCN(CC(=O)N2c3ccccc3OC[C@H]2c2ccccc2)CC1)N1CCOCC1. The van der Waals surface area contributed by atoms with E-state index in [2.05, 4.69) is 9.80 Å². The van der Waals surface area contributed by atoms with Gasteiger partial charge in [-0.2, -0.15) is 0 Å². The first kappa shape index (κ1) is 22.8. The van der Waals surface area contributed by atoms with E-state index in [9.17, 15) is 9.59 Å². The smallest absolute Gasteiger partial charge is 0.241 e. The van der Waals surface area contributed by atoms with Gasteiger partial charge in [-0.3, -0.25) is 24.3 Å². The monoisotopic (exact) mass is 464 g/mol. The van der Waals surface area contributed by atoms with Crippen LogP contribution >= 0.6 is 0 Å². The molecule has 2 amide bonds. The van der Waals surface area contributed by atoms with Crippen LogP contribution in [-0.4, -0.2) is 98.7 Å². The topological polar surface area (TPSA) is 65.6 Å². The number of morpholine rings is 1. The molecule has 8 heteroatoms. The summed E-state index contributed by atoms with van der Waals surface area (Å²) >= 11 is 0. The maximum absolute atomic E-state index is 13.6. The van der Waals surface area contributed by atoms with E-state index in [0.29, 0.717) is 46.0 Å². The predicted octanol–water partition coefficient (Wildman–Crippen LogP) is 1.63.